The molecule has 0 radical (unpaired) electrons. The second-order valence-electron chi connectivity index (χ2n) is 2.79. The van der Waals surface area contributed by atoms with E-state index in [0.717, 1.165) is 0 Å². The van der Waals surface area contributed by atoms with E-state index in [4.69, 9.17) is 10.6 Å². The van der Waals surface area contributed by atoms with Crippen molar-refractivity contribution in [3.8, 4) is 0 Å². The predicted molar refractivity (Wildman–Crippen MR) is 54.9 cm³/mol. The first kappa shape index (κ1) is 12.0. The molecule has 0 fully saturated rings. The lowest BCUT2D eigenvalue weighted by atomic mass is 10.4. The lowest BCUT2D eigenvalue weighted by Gasteiger charge is -2.12. The van der Waals surface area contributed by atoms with Crippen LogP contribution in [0.25, 0.3) is 0 Å². The van der Waals surface area contributed by atoms with Crippen LogP contribution in [0.2, 0.25) is 0 Å². The van der Waals surface area contributed by atoms with Crippen LogP contribution in [-0.4, -0.2) is 39.6 Å². The molecule has 1 aromatic heterocycles. The molecule has 15 heavy (non-hydrogen) atoms. The molecule has 0 aliphatic heterocycles. The smallest absolute Gasteiger partial charge is 0.249 e. The van der Waals surface area contributed by atoms with Gasteiger partial charge in [0.2, 0.25) is 5.91 Å². The molecule has 0 saturated heterocycles. The lowest BCUT2D eigenvalue weighted by molar-refractivity contribution is -0.121. The fourth-order valence-corrected chi connectivity index (χ4v) is 1.86. The highest BCUT2D eigenvalue weighted by Gasteiger charge is 2.21. The molecule has 0 aliphatic carbocycles. The summed E-state index contributed by atoms with van der Waals surface area (Å²) in [5.74, 6) is 4.76. The maximum atomic E-state index is 11.3. The molecule has 0 aliphatic rings. The number of nitrogens with one attached hydrogen (secondary N) is 1. The number of hydrogen-bond acceptors (Lipinski definition) is 6. The van der Waals surface area contributed by atoms with Gasteiger partial charge in [0.1, 0.15) is 11.6 Å². The molecule has 3 N–H and O–H groups in total. The van der Waals surface area contributed by atoms with E-state index >= 15 is 0 Å². The predicted octanol–water partition coefficient (Wildman–Crippen LogP) is -1.09. The molecule has 0 saturated carbocycles. The van der Waals surface area contributed by atoms with Gasteiger partial charge in [0.05, 0.1) is 6.61 Å². The second-order valence-corrected chi connectivity index (χ2v) is 3.96. The van der Waals surface area contributed by atoms with Crippen molar-refractivity contribution in [2.75, 3.05) is 13.7 Å². The lowest BCUT2D eigenvalue weighted by Crippen LogP contribution is -2.39. The van der Waals surface area contributed by atoms with E-state index in [1.54, 1.807) is 17.9 Å². The molecule has 1 aromatic rings. The van der Waals surface area contributed by atoms with Crippen molar-refractivity contribution >= 4 is 17.7 Å². The maximum Gasteiger partial charge on any atom is 0.249 e. The topological polar surface area (TPSA) is 95.1 Å². The summed E-state index contributed by atoms with van der Waals surface area (Å²) in [6.45, 7) is 0.264. The van der Waals surface area contributed by atoms with Gasteiger partial charge in [-0.25, -0.2) is 5.84 Å². The number of ether oxygens (including phenoxy) is 1. The molecule has 1 heterocycles. The summed E-state index contributed by atoms with van der Waals surface area (Å²) in [7, 11) is 3.32. The van der Waals surface area contributed by atoms with Crippen LogP contribution in [-0.2, 0) is 16.6 Å². The Morgan fingerprint density at radius 2 is 2.60 bits per heavy atom. The van der Waals surface area contributed by atoms with Crippen molar-refractivity contribution in [2.45, 2.75) is 10.4 Å². The normalized spacial score (nSPS) is 12.5. The molecule has 1 unspecified atom stereocenters. The summed E-state index contributed by atoms with van der Waals surface area (Å²) < 4.78 is 6.64. The molecule has 1 amide bonds. The minimum absolute atomic E-state index is 0.264. The van der Waals surface area contributed by atoms with Crippen LogP contribution in [0.5, 0.6) is 0 Å². The summed E-state index contributed by atoms with van der Waals surface area (Å²) in [5.41, 5.74) is 2.08. The zero-order chi connectivity index (χ0) is 11.3. The monoisotopic (exact) mass is 231 g/mol. The van der Waals surface area contributed by atoms with Crippen molar-refractivity contribution in [3.63, 3.8) is 0 Å². The average molecular weight is 231 g/mol. The summed E-state index contributed by atoms with van der Waals surface area (Å²) in [6.07, 6.45) is 1.56. The first-order valence-corrected chi connectivity index (χ1v) is 5.07. The van der Waals surface area contributed by atoms with Crippen molar-refractivity contribution in [1.82, 2.24) is 20.2 Å². The third kappa shape index (κ3) is 3.18. The second kappa shape index (κ2) is 5.69. The van der Waals surface area contributed by atoms with E-state index in [2.05, 4.69) is 15.6 Å². The summed E-state index contributed by atoms with van der Waals surface area (Å²) in [6, 6.07) is 0. The van der Waals surface area contributed by atoms with Gasteiger partial charge in [0.15, 0.2) is 5.16 Å². The van der Waals surface area contributed by atoms with E-state index in [9.17, 15) is 4.79 Å². The highest BCUT2D eigenvalue weighted by molar-refractivity contribution is 8.00. The van der Waals surface area contributed by atoms with Crippen LogP contribution in [0.4, 0.5) is 0 Å². The minimum Gasteiger partial charge on any atom is -0.383 e. The van der Waals surface area contributed by atoms with E-state index < -0.39 is 5.25 Å². The molecule has 7 nitrogen and oxygen atoms in total. The number of hydrazine groups is 1. The fourth-order valence-electron chi connectivity index (χ4n) is 0.914. The summed E-state index contributed by atoms with van der Waals surface area (Å²) >= 11 is 1.25. The van der Waals surface area contributed by atoms with Gasteiger partial charge in [-0.15, -0.1) is 10.2 Å². The van der Waals surface area contributed by atoms with Gasteiger partial charge in [-0.05, 0) is 0 Å². The van der Waals surface area contributed by atoms with Crippen molar-refractivity contribution in [2.24, 2.45) is 12.9 Å². The zero-order valence-electron chi connectivity index (χ0n) is 8.51. The number of rotatable bonds is 5. The van der Waals surface area contributed by atoms with Crippen LogP contribution in [0.15, 0.2) is 11.5 Å². The number of aromatic nitrogens is 3. The van der Waals surface area contributed by atoms with Crippen molar-refractivity contribution in [1.29, 1.82) is 0 Å². The average Bonchev–Trinajstić information content (AvgIpc) is 2.63. The third-order valence-corrected chi connectivity index (χ3v) is 2.89. The van der Waals surface area contributed by atoms with E-state index in [-0.39, 0.29) is 12.5 Å². The Hall–Kier alpha value is -1.12. The Kier molecular flexibility index (Phi) is 4.53. The number of carbonyl (C=O) groups is 1. The first-order valence-electron chi connectivity index (χ1n) is 4.19. The van der Waals surface area contributed by atoms with Crippen molar-refractivity contribution < 1.29 is 9.53 Å². The van der Waals surface area contributed by atoms with Crippen LogP contribution in [0, 0.1) is 0 Å². The zero-order valence-corrected chi connectivity index (χ0v) is 9.32. The van der Waals surface area contributed by atoms with E-state index in [0.29, 0.717) is 5.16 Å². The fraction of sp³-hybridized carbons (Fsp3) is 0.571. The Morgan fingerprint density at radius 3 is 3.07 bits per heavy atom. The standard InChI is InChI=1S/C7H13N5O2S/c1-12-4-9-11-7(12)15-5(3-14-2)6(13)10-8/h4-5H,3,8H2,1-2H3,(H,10,13). The van der Waals surface area contributed by atoms with E-state index in [1.165, 1.54) is 18.9 Å². The first-order chi connectivity index (χ1) is 7.19. The Bertz CT molecular complexity index is 329. The Labute approximate surface area is 91.3 Å². The van der Waals surface area contributed by atoms with Gasteiger partial charge in [0, 0.05) is 14.2 Å². The molecular weight excluding hydrogens is 218 g/mol. The third-order valence-electron chi connectivity index (χ3n) is 1.67. The molecule has 1 rings (SSSR count). The van der Waals surface area contributed by atoms with Crippen molar-refractivity contribution in [3.05, 3.63) is 6.33 Å². The van der Waals surface area contributed by atoms with Crippen LogP contribution >= 0.6 is 11.8 Å². The van der Waals surface area contributed by atoms with Gasteiger partial charge in [-0.3, -0.25) is 10.2 Å². The molecule has 0 aromatic carbocycles. The van der Waals surface area contributed by atoms with Gasteiger partial charge in [0.25, 0.3) is 0 Å². The number of methoxy groups -OCH3 is 1. The highest BCUT2D eigenvalue weighted by atomic mass is 32.2. The quantitative estimate of drug-likeness (QED) is 0.289. The largest absolute Gasteiger partial charge is 0.383 e. The molecule has 8 heteroatoms. The minimum atomic E-state index is -0.428. The number of aryl methyl sites for hydroxylation is 1. The maximum absolute atomic E-state index is 11.3. The number of hydrogen-bond donors (Lipinski definition) is 2. The summed E-state index contributed by atoms with van der Waals surface area (Å²) in [5, 5.41) is 7.77. The molecular formula is C7H13N5O2S. The molecule has 84 valence electrons. The highest BCUT2D eigenvalue weighted by Crippen LogP contribution is 2.20. The van der Waals surface area contributed by atoms with Gasteiger partial charge in [-0.1, -0.05) is 11.8 Å². The Morgan fingerprint density at radius 1 is 1.87 bits per heavy atom. The van der Waals surface area contributed by atoms with Gasteiger partial charge in [-0.2, -0.15) is 0 Å². The molecule has 0 spiro atoms. The Balaban J connectivity index is 2.66. The van der Waals surface area contributed by atoms with Gasteiger partial charge < -0.3 is 9.30 Å². The number of carbonyl (C=O) groups excluding carboxylic acids is 1. The summed E-state index contributed by atoms with van der Waals surface area (Å²) in [4.78, 5) is 11.3. The number of nitrogens with two attached hydrogens (primary N) is 1. The SMILES string of the molecule is COCC(Sc1nncn1C)C(=O)NN. The number of amides is 1. The van der Waals surface area contributed by atoms with Crippen LogP contribution in [0.1, 0.15) is 0 Å². The van der Waals surface area contributed by atoms with E-state index in [1.807, 2.05) is 0 Å². The van der Waals surface area contributed by atoms with Crippen LogP contribution < -0.4 is 11.3 Å². The van der Waals surface area contributed by atoms with Gasteiger partial charge >= 0.3 is 0 Å². The number of thioether (sulfide) groups is 1. The number of nitrogens with zero attached hydrogens (tertiary/aromatic N) is 3. The molecule has 1 atom stereocenters. The molecule has 0 bridgehead atoms. The van der Waals surface area contributed by atoms with Crippen LogP contribution in [0.3, 0.4) is 0 Å².